The average molecular weight is 263 g/mol. The quantitative estimate of drug-likeness (QED) is 0.846. The van der Waals surface area contributed by atoms with E-state index in [2.05, 4.69) is 5.32 Å². The lowest BCUT2D eigenvalue weighted by molar-refractivity contribution is -0.201. The van der Waals surface area contributed by atoms with Gasteiger partial charge in [0.05, 0.1) is 6.61 Å². The van der Waals surface area contributed by atoms with Crippen molar-refractivity contribution in [1.29, 1.82) is 0 Å². The summed E-state index contributed by atoms with van der Waals surface area (Å²) in [5, 5.41) is 2.43. The highest BCUT2D eigenvalue weighted by molar-refractivity contribution is 5.71. The van der Waals surface area contributed by atoms with Gasteiger partial charge in [-0.15, -0.1) is 0 Å². The van der Waals surface area contributed by atoms with Crippen LogP contribution >= 0.6 is 0 Å². The fraction of sp³-hybridized carbons (Fsp3) is 0.500. The summed E-state index contributed by atoms with van der Waals surface area (Å²) in [7, 11) is 1.53. The van der Waals surface area contributed by atoms with Crippen LogP contribution < -0.4 is 14.8 Å². The Balaban J connectivity index is 1.90. The molecule has 0 saturated heterocycles. The van der Waals surface area contributed by atoms with Crippen LogP contribution in [0.3, 0.4) is 0 Å². The molecule has 5 heteroatoms. The lowest BCUT2D eigenvalue weighted by atomic mass is 10.1. The summed E-state index contributed by atoms with van der Waals surface area (Å²) in [4.78, 5) is 11.4. The minimum Gasteiger partial charge on any atom is -0.458 e. The van der Waals surface area contributed by atoms with Gasteiger partial charge in [0.15, 0.2) is 11.5 Å². The normalized spacial score (nSPS) is 19.6. The number of para-hydroxylation sites is 1. The fourth-order valence-electron chi connectivity index (χ4n) is 2.61. The van der Waals surface area contributed by atoms with Crippen LogP contribution in [0.15, 0.2) is 18.2 Å². The molecule has 3 rings (SSSR count). The number of ether oxygens (including phenoxy) is 3. The number of benzene rings is 1. The van der Waals surface area contributed by atoms with E-state index in [1.165, 1.54) is 7.05 Å². The summed E-state index contributed by atoms with van der Waals surface area (Å²) in [6, 6.07) is 5.49. The largest absolute Gasteiger partial charge is 0.458 e. The van der Waals surface area contributed by atoms with Crippen LogP contribution in [0.25, 0.3) is 0 Å². The van der Waals surface area contributed by atoms with E-state index in [-0.39, 0.29) is 0 Å². The monoisotopic (exact) mass is 263 g/mol. The Morgan fingerprint density at radius 3 is 2.89 bits per heavy atom. The Morgan fingerprint density at radius 2 is 2.16 bits per heavy atom. The summed E-state index contributed by atoms with van der Waals surface area (Å²) in [5.41, 5.74) is 0.916. The van der Waals surface area contributed by atoms with Gasteiger partial charge in [-0.25, -0.2) is 4.79 Å². The summed E-state index contributed by atoms with van der Waals surface area (Å²) >= 11 is 0. The Kier molecular flexibility index (Phi) is 3.06. The first kappa shape index (κ1) is 12.3. The SMILES string of the molecule is CNC(=O)Oc1cccc2c1OC1(CCCC1)OC2. The predicted molar refractivity (Wildman–Crippen MR) is 68.1 cm³/mol. The zero-order valence-electron chi connectivity index (χ0n) is 10.9. The third-order valence-electron chi connectivity index (χ3n) is 3.61. The molecule has 0 unspecified atom stereocenters. The second-order valence-corrected chi connectivity index (χ2v) is 4.89. The molecular weight excluding hydrogens is 246 g/mol. The molecule has 1 heterocycles. The Bertz CT molecular complexity index is 494. The van der Waals surface area contributed by atoms with E-state index in [9.17, 15) is 4.79 Å². The van der Waals surface area contributed by atoms with Gasteiger partial charge in [-0.05, 0) is 18.9 Å². The van der Waals surface area contributed by atoms with E-state index in [1.54, 1.807) is 6.07 Å². The Labute approximate surface area is 111 Å². The van der Waals surface area contributed by atoms with Crippen LogP contribution in [0.5, 0.6) is 11.5 Å². The van der Waals surface area contributed by atoms with E-state index >= 15 is 0 Å². The van der Waals surface area contributed by atoms with Crippen LogP contribution in [0.1, 0.15) is 31.2 Å². The van der Waals surface area contributed by atoms with Gasteiger partial charge in [-0.1, -0.05) is 12.1 Å². The summed E-state index contributed by atoms with van der Waals surface area (Å²) in [6.45, 7) is 0.500. The zero-order chi connectivity index (χ0) is 13.3. The topological polar surface area (TPSA) is 56.8 Å². The van der Waals surface area contributed by atoms with Gasteiger partial charge in [0.2, 0.25) is 5.79 Å². The number of rotatable bonds is 1. The first-order chi connectivity index (χ1) is 9.22. The number of amides is 1. The minimum absolute atomic E-state index is 0.450. The van der Waals surface area contributed by atoms with Gasteiger partial charge in [0.1, 0.15) is 0 Å². The number of hydrogen-bond acceptors (Lipinski definition) is 4. The first-order valence-electron chi connectivity index (χ1n) is 6.57. The first-order valence-corrected chi connectivity index (χ1v) is 6.57. The molecule has 1 aliphatic carbocycles. The van der Waals surface area contributed by atoms with E-state index in [4.69, 9.17) is 14.2 Å². The van der Waals surface area contributed by atoms with Crippen molar-refractivity contribution in [2.45, 2.75) is 38.1 Å². The van der Waals surface area contributed by atoms with E-state index in [0.717, 1.165) is 31.2 Å². The van der Waals surface area contributed by atoms with E-state index < -0.39 is 11.9 Å². The molecule has 1 fully saturated rings. The van der Waals surface area contributed by atoms with Crippen molar-refractivity contribution >= 4 is 6.09 Å². The van der Waals surface area contributed by atoms with Gasteiger partial charge in [-0.2, -0.15) is 0 Å². The van der Waals surface area contributed by atoms with Crippen molar-refractivity contribution in [3.63, 3.8) is 0 Å². The second-order valence-electron chi connectivity index (χ2n) is 4.89. The van der Waals surface area contributed by atoms with Crippen molar-refractivity contribution in [3.05, 3.63) is 23.8 Å². The number of fused-ring (bicyclic) bond motifs is 1. The highest BCUT2D eigenvalue weighted by Gasteiger charge is 2.41. The molecule has 1 saturated carbocycles. The van der Waals surface area contributed by atoms with Crippen LogP contribution in [0.2, 0.25) is 0 Å². The molecule has 1 amide bonds. The molecule has 1 N–H and O–H groups in total. The summed E-state index contributed by atoms with van der Waals surface area (Å²) < 4.78 is 17.1. The average Bonchev–Trinajstić information content (AvgIpc) is 2.87. The van der Waals surface area contributed by atoms with Crippen molar-refractivity contribution in [2.75, 3.05) is 7.05 Å². The molecule has 1 spiro atoms. The molecule has 102 valence electrons. The molecule has 0 radical (unpaired) electrons. The second kappa shape index (κ2) is 4.74. The third kappa shape index (κ3) is 2.26. The zero-order valence-corrected chi connectivity index (χ0v) is 10.9. The van der Waals surface area contributed by atoms with Gasteiger partial charge < -0.3 is 19.5 Å². The van der Waals surface area contributed by atoms with Crippen LogP contribution in [0.4, 0.5) is 4.79 Å². The number of nitrogens with one attached hydrogen (secondary N) is 1. The summed E-state index contributed by atoms with van der Waals surface area (Å²) in [6.07, 6.45) is 3.49. The minimum atomic E-state index is -0.519. The molecular formula is C14H17NO4. The summed E-state index contributed by atoms with van der Waals surface area (Å²) in [5.74, 6) is 0.570. The molecule has 0 aromatic heterocycles. The van der Waals surface area contributed by atoms with Crippen LogP contribution in [-0.4, -0.2) is 18.9 Å². The maximum atomic E-state index is 11.4. The van der Waals surface area contributed by atoms with Crippen LogP contribution in [0, 0.1) is 0 Å². The molecule has 5 nitrogen and oxygen atoms in total. The Morgan fingerprint density at radius 1 is 1.37 bits per heavy atom. The molecule has 1 aromatic carbocycles. The van der Waals surface area contributed by atoms with Crippen molar-refractivity contribution in [1.82, 2.24) is 5.32 Å². The number of carbonyl (C=O) groups excluding carboxylic acids is 1. The maximum Gasteiger partial charge on any atom is 0.412 e. The molecule has 0 atom stereocenters. The lowest BCUT2D eigenvalue weighted by Gasteiger charge is -2.35. The van der Waals surface area contributed by atoms with Crippen molar-refractivity contribution in [2.24, 2.45) is 0 Å². The maximum absolute atomic E-state index is 11.4. The van der Waals surface area contributed by atoms with Gasteiger partial charge >= 0.3 is 6.09 Å². The third-order valence-corrected chi connectivity index (χ3v) is 3.61. The number of hydrogen-bond donors (Lipinski definition) is 1. The van der Waals surface area contributed by atoms with E-state index in [1.807, 2.05) is 12.1 Å². The molecule has 1 aliphatic heterocycles. The lowest BCUT2D eigenvalue weighted by Crippen LogP contribution is -2.39. The standard InChI is InChI=1S/C14H17NO4/c1-15-13(16)18-11-6-4-5-10-9-17-14(19-12(10)11)7-2-3-8-14/h4-6H,2-3,7-9H2,1H3,(H,15,16). The molecule has 2 aliphatic rings. The predicted octanol–water partition coefficient (Wildman–Crippen LogP) is 2.58. The highest BCUT2D eigenvalue weighted by Crippen LogP contribution is 2.45. The molecule has 0 bridgehead atoms. The van der Waals surface area contributed by atoms with Crippen molar-refractivity contribution < 1.29 is 19.0 Å². The van der Waals surface area contributed by atoms with Gasteiger partial charge in [-0.3, -0.25) is 0 Å². The van der Waals surface area contributed by atoms with Crippen molar-refractivity contribution in [3.8, 4) is 11.5 Å². The molecule has 19 heavy (non-hydrogen) atoms. The van der Waals surface area contributed by atoms with Gasteiger partial charge in [0.25, 0.3) is 0 Å². The Hall–Kier alpha value is -1.75. The fourth-order valence-corrected chi connectivity index (χ4v) is 2.61. The highest BCUT2D eigenvalue weighted by atomic mass is 16.7. The van der Waals surface area contributed by atoms with Gasteiger partial charge in [0, 0.05) is 25.5 Å². The molecule has 1 aromatic rings. The van der Waals surface area contributed by atoms with Crippen LogP contribution in [-0.2, 0) is 11.3 Å². The van der Waals surface area contributed by atoms with E-state index in [0.29, 0.717) is 18.1 Å². The smallest absolute Gasteiger partial charge is 0.412 e. The number of carbonyl (C=O) groups is 1.